The summed E-state index contributed by atoms with van der Waals surface area (Å²) in [5, 5.41) is 4.16. The SMILES string of the molecule is CCNC(C)c1ccc(Br)cc1Oc1ccc(Cl)c(C)c1. The topological polar surface area (TPSA) is 21.3 Å². The summed E-state index contributed by atoms with van der Waals surface area (Å²) < 4.78 is 7.06. The Morgan fingerprint density at radius 1 is 1.24 bits per heavy atom. The number of ether oxygens (including phenoxy) is 1. The van der Waals surface area contributed by atoms with E-state index in [9.17, 15) is 0 Å². The van der Waals surface area contributed by atoms with Crippen molar-refractivity contribution < 1.29 is 4.74 Å². The van der Waals surface area contributed by atoms with Crippen molar-refractivity contribution in [2.24, 2.45) is 0 Å². The van der Waals surface area contributed by atoms with Crippen molar-refractivity contribution in [2.45, 2.75) is 26.8 Å². The fourth-order valence-electron chi connectivity index (χ4n) is 2.18. The first-order chi connectivity index (χ1) is 10.0. The van der Waals surface area contributed by atoms with Crippen molar-refractivity contribution in [1.29, 1.82) is 0 Å². The summed E-state index contributed by atoms with van der Waals surface area (Å²) in [4.78, 5) is 0. The standard InChI is InChI=1S/C17H19BrClNO/c1-4-20-12(3)15-7-5-13(18)10-17(15)21-14-6-8-16(19)11(2)9-14/h5-10,12,20H,4H2,1-3H3. The molecule has 0 radical (unpaired) electrons. The molecule has 0 heterocycles. The smallest absolute Gasteiger partial charge is 0.133 e. The maximum atomic E-state index is 6.06. The molecule has 4 heteroatoms. The minimum atomic E-state index is 0.228. The van der Waals surface area contributed by atoms with Crippen LogP contribution < -0.4 is 10.1 Å². The summed E-state index contributed by atoms with van der Waals surface area (Å²) in [5.74, 6) is 1.64. The minimum Gasteiger partial charge on any atom is -0.457 e. The zero-order valence-electron chi connectivity index (χ0n) is 12.4. The quantitative estimate of drug-likeness (QED) is 0.712. The average Bonchev–Trinajstić information content (AvgIpc) is 2.43. The van der Waals surface area contributed by atoms with Crippen molar-refractivity contribution in [3.05, 3.63) is 57.0 Å². The van der Waals surface area contributed by atoms with E-state index in [0.29, 0.717) is 0 Å². The van der Waals surface area contributed by atoms with Gasteiger partial charge in [0.2, 0.25) is 0 Å². The monoisotopic (exact) mass is 367 g/mol. The maximum absolute atomic E-state index is 6.06. The summed E-state index contributed by atoms with van der Waals surface area (Å²) in [6.45, 7) is 7.11. The minimum absolute atomic E-state index is 0.228. The molecule has 0 aliphatic rings. The molecule has 1 unspecified atom stereocenters. The Morgan fingerprint density at radius 3 is 2.67 bits per heavy atom. The second-order valence-corrected chi connectivity index (χ2v) is 6.30. The van der Waals surface area contributed by atoms with Crippen LogP contribution in [0.4, 0.5) is 0 Å². The highest BCUT2D eigenvalue weighted by Crippen LogP contribution is 2.33. The molecule has 0 aromatic heterocycles. The Balaban J connectivity index is 2.33. The van der Waals surface area contributed by atoms with Gasteiger partial charge in [-0.05, 0) is 56.3 Å². The first-order valence-electron chi connectivity index (χ1n) is 6.98. The van der Waals surface area contributed by atoms with Crippen LogP contribution >= 0.6 is 27.5 Å². The van der Waals surface area contributed by atoms with Gasteiger partial charge in [-0.15, -0.1) is 0 Å². The molecule has 21 heavy (non-hydrogen) atoms. The highest BCUT2D eigenvalue weighted by molar-refractivity contribution is 9.10. The number of hydrogen-bond acceptors (Lipinski definition) is 2. The molecule has 0 bridgehead atoms. The lowest BCUT2D eigenvalue weighted by atomic mass is 10.1. The van der Waals surface area contributed by atoms with Gasteiger partial charge >= 0.3 is 0 Å². The van der Waals surface area contributed by atoms with Crippen molar-refractivity contribution >= 4 is 27.5 Å². The van der Waals surface area contributed by atoms with Crippen molar-refractivity contribution in [1.82, 2.24) is 5.32 Å². The molecular weight excluding hydrogens is 350 g/mol. The Labute approximate surface area is 139 Å². The van der Waals surface area contributed by atoms with E-state index in [4.69, 9.17) is 16.3 Å². The Morgan fingerprint density at radius 2 is 2.00 bits per heavy atom. The number of rotatable bonds is 5. The third kappa shape index (κ3) is 4.22. The number of nitrogens with one attached hydrogen (secondary N) is 1. The maximum Gasteiger partial charge on any atom is 0.133 e. The molecule has 0 amide bonds. The summed E-state index contributed by atoms with van der Waals surface area (Å²) in [6, 6.07) is 12.0. The highest BCUT2D eigenvalue weighted by Gasteiger charge is 2.12. The Hall–Kier alpha value is -1.03. The largest absolute Gasteiger partial charge is 0.457 e. The van der Waals surface area contributed by atoms with E-state index in [-0.39, 0.29) is 6.04 Å². The van der Waals surface area contributed by atoms with E-state index < -0.39 is 0 Å². The van der Waals surface area contributed by atoms with E-state index in [0.717, 1.165) is 38.7 Å². The molecule has 2 aromatic carbocycles. The van der Waals surface area contributed by atoms with Gasteiger partial charge in [-0.1, -0.05) is 40.5 Å². The van der Waals surface area contributed by atoms with Gasteiger partial charge in [0.15, 0.2) is 0 Å². The molecule has 0 spiro atoms. The van der Waals surface area contributed by atoms with Gasteiger partial charge in [0.25, 0.3) is 0 Å². The Kier molecular flexibility index (Phi) is 5.68. The molecule has 0 saturated heterocycles. The number of benzene rings is 2. The normalized spacial score (nSPS) is 12.2. The van der Waals surface area contributed by atoms with E-state index >= 15 is 0 Å². The average molecular weight is 369 g/mol. The summed E-state index contributed by atoms with van der Waals surface area (Å²) in [6.07, 6.45) is 0. The third-order valence-electron chi connectivity index (χ3n) is 3.31. The van der Waals surface area contributed by atoms with Crippen LogP contribution in [0.5, 0.6) is 11.5 Å². The zero-order valence-corrected chi connectivity index (χ0v) is 14.8. The van der Waals surface area contributed by atoms with Crippen LogP contribution in [0.15, 0.2) is 40.9 Å². The molecule has 0 aliphatic carbocycles. The molecule has 1 atom stereocenters. The summed E-state index contributed by atoms with van der Waals surface area (Å²) in [5.41, 5.74) is 2.14. The predicted octanol–water partition coefficient (Wildman–Crippen LogP) is 5.87. The van der Waals surface area contributed by atoms with Gasteiger partial charge in [-0.3, -0.25) is 0 Å². The third-order valence-corrected chi connectivity index (χ3v) is 4.23. The molecule has 2 rings (SSSR count). The summed E-state index contributed by atoms with van der Waals surface area (Å²) in [7, 11) is 0. The van der Waals surface area contributed by atoms with Gasteiger partial charge in [-0.25, -0.2) is 0 Å². The van der Waals surface area contributed by atoms with E-state index in [1.807, 2.05) is 37.3 Å². The first-order valence-corrected chi connectivity index (χ1v) is 8.15. The van der Waals surface area contributed by atoms with Gasteiger partial charge in [0, 0.05) is 21.1 Å². The molecule has 0 aliphatic heterocycles. The summed E-state index contributed by atoms with van der Waals surface area (Å²) >= 11 is 9.56. The van der Waals surface area contributed by atoms with E-state index in [1.54, 1.807) is 0 Å². The number of hydrogen-bond donors (Lipinski definition) is 1. The second kappa shape index (κ2) is 7.30. The van der Waals surface area contributed by atoms with Gasteiger partial charge in [-0.2, -0.15) is 0 Å². The van der Waals surface area contributed by atoms with Crippen LogP contribution in [0.25, 0.3) is 0 Å². The van der Waals surface area contributed by atoms with Crippen LogP contribution in [-0.4, -0.2) is 6.54 Å². The lowest BCUT2D eigenvalue weighted by Crippen LogP contribution is -2.18. The van der Waals surface area contributed by atoms with Crippen LogP contribution in [0.2, 0.25) is 5.02 Å². The van der Waals surface area contributed by atoms with Crippen molar-refractivity contribution in [3.63, 3.8) is 0 Å². The van der Waals surface area contributed by atoms with E-state index in [1.165, 1.54) is 0 Å². The van der Waals surface area contributed by atoms with E-state index in [2.05, 4.69) is 41.2 Å². The van der Waals surface area contributed by atoms with Crippen molar-refractivity contribution in [2.75, 3.05) is 6.54 Å². The highest BCUT2D eigenvalue weighted by atomic mass is 79.9. The molecular formula is C17H19BrClNO. The van der Waals surface area contributed by atoms with Crippen LogP contribution in [-0.2, 0) is 0 Å². The van der Waals surface area contributed by atoms with Gasteiger partial charge in [0.1, 0.15) is 11.5 Å². The molecule has 0 saturated carbocycles. The zero-order chi connectivity index (χ0) is 15.4. The Bertz CT molecular complexity index is 630. The van der Waals surface area contributed by atoms with Crippen LogP contribution in [0.3, 0.4) is 0 Å². The lowest BCUT2D eigenvalue weighted by Gasteiger charge is -2.18. The molecule has 1 N–H and O–H groups in total. The number of aryl methyl sites for hydroxylation is 1. The van der Waals surface area contributed by atoms with Crippen molar-refractivity contribution in [3.8, 4) is 11.5 Å². The van der Waals surface area contributed by atoms with Gasteiger partial charge in [0.05, 0.1) is 0 Å². The molecule has 0 fully saturated rings. The van der Waals surface area contributed by atoms with Crippen LogP contribution in [0, 0.1) is 6.92 Å². The number of halogens is 2. The molecule has 2 nitrogen and oxygen atoms in total. The molecule has 112 valence electrons. The predicted molar refractivity (Wildman–Crippen MR) is 92.5 cm³/mol. The first kappa shape index (κ1) is 16.3. The lowest BCUT2D eigenvalue weighted by molar-refractivity contribution is 0.462. The van der Waals surface area contributed by atoms with Gasteiger partial charge < -0.3 is 10.1 Å². The molecule has 2 aromatic rings. The fraction of sp³-hybridized carbons (Fsp3) is 0.294. The second-order valence-electron chi connectivity index (χ2n) is 4.97. The fourth-order valence-corrected chi connectivity index (χ4v) is 2.64. The van der Waals surface area contributed by atoms with Crippen LogP contribution in [0.1, 0.15) is 31.0 Å².